The third-order valence-electron chi connectivity index (χ3n) is 2.81. The summed E-state index contributed by atoms with van der Waals surface area (Å²) in [5.41, 5.74) is 0.750. The Hall–Kier alpha value is -1.66. The fourth-order valence-electron chi connectivity index (χ4n) is 1.78. The molecule has 0 aliphatic carbocycles. The minimum atomic E-state index is -0.374. The Morgan fingerprint density at radius 1 is 1.47 bits per heavy atom. The van der Waals surface area contributed by atoms with E-state index in [1.807, 2.05) is 19.1 Å². The lowest BCUT2D eigenvalue weighted by atomic mass is 10.1. The second kappa shape index (κ2) is 5.99. The molecule has 1 aromatic heterocycles. The topological polar surface area (TPSA) is 68.3 Å². The number of halogens is 1. The Morgan fingerprint density at radius 3 is 2.89 bits per heavy atom. The molecule has 0 saturated heterocycles. The first kappa shape index (κ1) is 13.8. The van der Waals surface area contributed by atoms with Gasteiger partial charge >= 0.3 is 0 Å². The molecule has 0 spiro atoms. The van der Waals surface area contributed by atoms with E-state index in [1.165, 1.54) is 6.07 Å². The first-order valence-corrected chi connectivity index (χ1v) is 6.57. The van der Waals surface area contributed by atoms with Crippen LogP contribution in [0, 0.1) is 10.1 Å². The Kier molecular flexibility index (Phi) is 4.34. The van der Waals surface area contributed by atoms with Crippen molar-refractivity contribution in [2.24, 2.45) is 0 Å². The van der Waals surface area contributed by atoms with Gasteiger partial charge < -0.3 is 9.73 Å². The van der Waals surface area contributed by atoms with Gasteiger partial charge in [0.05, 0.1) is 17.2 Å². The van der Waals surface area contributed by atoms with Gasteiger partial charge in [-0.25, -0.2) is 0 Å². The molecule has 2 aromatic rings. The molecule has 0 unspecified atom stereocenters. The summed E-state index contributed by atoms with van der Waals surface area (Å²) in [5.74, 6) is 0.803. The largest absolute Gasteiger partial charge is 0.468 e. The molecule has 0 radical (unpaired) electrons. The number of hydrogen-bond donors (Lipinski definition) is 1. The Balaban J connectivity index is 2.10. The van der Waals surface area contributed by atoms with Crippen LogP contribution in [0.25, 0.3) is 0 Å². The molecular formula is C13H13BrN2O3. The molecule has 1 N–H and O–H groups in total. The fraction of sp³-hybridized carbons (Fsp3) is 0.231. The highest BCUT2D eigenvalue weighted by atomic mass is 79.9. The van der Waals surface area contributed by atoms with Crippen LogP contribution in [-0.4, -0.2) is 4.92 Å². The van der Waals surface area contributed by atoms with Crippen molar-refractivity contribution in [1.29, 1.82) is 0 Å². The second-order valence-electron chi connectivity index (χ2n) is 4.15. The lowest BCUT2D eigenvalue weighted by molar-refractivity contribution is -0.385. The molecule has 0 saturated carbocycles. The summed E-state index contributed by atoms with van der Waals surface area (Å²) in [6.07, 6.45) is 1.61. The van der Waals surface area contributed by atoms with E-state index in [1.54, 1.807) is 18.4 Å². The van der Waals surface area contributed by atoms with E-state index in [0.29, 0.717) is 12.1 Å². The Bertz CT molecular complexity index is 569. The van der Waals surface area contributed by atoms with Gasteiger partial charge in [-0.3, -0.25) is 10.1 Å². The molecule has 6 heteroatoms. The van der Waals surface area contributed by atoms with Crippen molar-refractivity contribution in [2.45, 2.75) is 19.5 Å². The zero-order valence-corrected chi connectivity index (χ0v) is 11.9. The molecule has 1 heterocycles. The van der Waals surface area contributed by atoms with Crippen molar-refractivity contribution in [3.63, 3.8) is 0 Å². The van der Waals surface area contributed by atoms with Crippen LogP contribution in [0.1, 0.15) is 24.3 Å². The standard InChI is InChI=1S/C13H13BrN2O3/c1-9(13-3-2-6-19-13)15-8-10-7-11(14)4-5-12(10)16(17)18/h2-7,9,15H,8H2,1H3/t9-/m1/s1. The zero-order chi connectivity index (χ0) is 13.8. The van der Waals surface area contributed by atoms with Gasteiger partial charge in [0.15, 0.2) is 0 Å². The molecule has 1 aromatic carbocycles. The highest BCUT2D eigenvalue weighted by Gasteiger charge is 2.15. The van der Waals surface area contributed by atoms with Gasteiger partial charge in [-0.05, 0) is 31.2 Å². The van der Waals surface area contributed by atoms with Crippen LogP contribution < -0.4 is 5.32 Å². The van der Waals surface area contributed by atoms with E-state index in [2.05, 4.69) is 21.2 Å². The highest BCUT2D eigenvalue weighted by Crippen LogP contribution is 2.24. The molecule has 1 atom stereocenters. The number of nitro benzene ring substituents is 1. The van der Waals surface area contributed by atoms with E-state index >= 15 is 0 Å². The average Bonchev–Trinajstić information content (AvgIpc) is 2.89. The maximum Gasteiger partial charge on any atom is 0.273 e. The predicted molar refractivity (Wildman–Crippen MR) is 74.8 cm³/mol. The van der Waals surface area contributed by atoms with E-state index in [9.17, 15) is 10.1 Å². The highest BCUT2D eigenvalue weighted by molar-refractivity contribution is 9.10. The number of benzene rings is 1. The molecule has 19 heavy (non-hydrogen) atoms. The smallest absolute Gasteiger partial charge is 0.273 e. The number of hydrogen-bond acceptors (Lipinski definition) is 4. The van der Waals surface area contributed by atoms with Crippen LogP contribution >= 0.6 is 15.9 Å². The molecule has 5 nitrogen and oxygen atoms in total. The first-order chi connectivity index (χ1) is 9.08. The zero-order valence-electron chi connectivity index (χ0n) is 10.3. The molecule has 0 aliphatic heterocycles. The Labute approximate surface area is 118 Å². The van der Waals surface area contributed by atoms with Crippen LogP contribution in [0.5, 0.6) is 0 Å². The summed E-state index contributed by atoms with van der Waals surface area (Å²) in [6.45, 7) is 2.35. The van der Waals surface area contributed by atoms with Crippen molar-refractivity contribution in [3.05, 3.63) is 62.5 Å². The molecular weight excluding hydrogens is 312 g/mol. The quantitative estimate of drug-likeness (QED) is 0.670. The van der Waals surface area contributed by atoms with Gasteiger partial charge in [0, 0.05) is 22.6 Å². The summed E-state index contributed by atoms with van der Waals surface area (Å²) in [5, 5.41) is 14.2. The molecule has 2 rings (SSSR count). The number of nitrogens with zero attached hydrogens (tertiary/aromatic N) is 1. The lowest BCUT2D eigenvalue weighted by Gasteiger charge is -2.11. The third-order valence-corrected chi connectivity index (χ3v) is 3.30. The summed E-state index contributed by atoms with van der Waals surface area (Å²) in [4.78, 5) is 10.6. The molecule has 0 amide bonds. The summed E-state index contributed by atoms with van der Waals surface area (Å²) in [6, 6.07) is 8.59. The van der Waals surface area contributed by atoms with Crippen LogP contribution in [0.3, 0.4) is 0 Å². The van der Waals surface area contributed by atoms with Gasteiger partial charge in [0.2, 0.25) is 0 Å². The number of rotatable bonds is 5. The van der Waals surface area contributed by atoms with E-state index in [0.717, 1.165) is 10.2 Å². The van der Waals surface area contributed by atoms with Gasteiger partial charge in [0.1, 0.15) is 5.76 Å². The van der Waals surface area contributed by atoms with Crippen LogP contribution in [0.2, 0.25) is 0 Å². The summed E-state index contributed by atoms with van der Waals surface area (Å²) < 4.78 is 6.10. The number of furan rings is 1. The van der Waals surface area contributed by atoms with Crippen LogP contribution in [0.15, 0.2) is 45.5 Å². The van der Waals surface area contributed by atoms with Crippen molar-refractivity contribution in [1.82, 2.24) is 5.32 Å². The predicted octanol–water partition coefficient (Wildman–Crippen LogP) is 3.80. The Morgan fingerprint density at radius 2 is 2.26 bits per heavy atom. The number of nitrogens with one attached hydrogen (secondary N) is 1. The van der Waals surface area contributed by atoms with E-state index in [-0.39, 0.29) is 16.7 Å². The SMILES string of the molecule is C[C@@H](NCc1cc(Br)ccc1[N+](=O)[O-])c1ccco1. The van der Waals surface area contributed by atoms with Crippen molar-refractivity contribution < 1.29 is 9.34 Å². The van der Waals surface area contributed by atoms with Crippen LogP contribution in [-0.2, 0) is 6.54 Å². The minimum Gasteiger partial charge on any atom is -0.468 e. The lowest BCUT2D eigenvalue weighted by Crippen LogP contribution is -2.18. The fourth-order valence-corrected chi connectivity index (χ4v) is 2.18. The minimum absolute atomic E-state index is 0.00594. The maximum absolute atomic E-state index is 11.0. The third kappa shape index (κ3) is 3.42. The monoisotopic (exact) mass is 324 g/mol. The normalized spacial score (nSPS) is 12.3. The van der Waals surface area contributed by atoms with Crippen LogP contribution in [0.4, 0.5) is 5.69 Å². The molecule has 100 valence electrons. The van der Waals surface area contributed by atoms with Gasteiger partial charge in [0.25, 0.3) is 5.69 Å². The van der Waals surface area contributed by atoms with E-state index in [4.69, 9.17) is 4.42 Å². The second-order valence-corrected chi connectivity index (χ2v) is 5.06. The summed E-state index contributed by atoms with van der Waals surface area (Å²) in [7, 11) is 0. The van der Waals surface area contributed by atoms with Crippen molar-refractivity contribution >= 4 is 21.6 Å². The van der Waals surface area contributed by atoms with Gasteiger partial charge in [-0.1, -0.05) is 15.9 Å². The van der Waals surface area contributed by atoms with Crippen molar-refractivity contribution in [2.75, 3.05) is 0 Å². The molecule has 0 bridgehead atoms. The number of nitro groups is 1. The van der Waals surface area contributed by atoms with Gasteiger partial charge in [-0.2, -0.15) is 0 Å². The van der Waals surface area contributed by atoms with Gasteiger partial charge in [-0.15, -0.1) is 0 Å². The van der Waals surface area contributed by atoms with Crippen molar-refractivity contribution in [3.8, 4) is 0 Å². The maximum atomic E-state index is 11.0. The average molecular weight is 325 g/mol. The summed E-state index contributed by atoms with van der Waals surface area (Å²) >= 11 is 3.32. The first-order valence-electron chi connectivity index (χ1n) is 5.77. The molecule has 0 aliphatic rings. The molecule has 0 fully saturated rings. The van der Waals surface area contributed by atoms with E-state index < -0.39 is 0 Å².